The Labute approximate surface area is 126 Å². The van der Waals surface area contributed by atoms with Crippen molar-refractivity contribution in [3.05, 3.63) is 29.8 Å². The van der Waals surface area contributed by atoms with E-state index >= 15 is 0 Å². The minimum Gasteiger partial charge on any atom is -0.493 e. The zero-order valence-electron chi connectivity index (χ0n) is 12.7. The van der Waals surface area contributed by atoms with Crippen LogP contribution in [0.1, 0.15) is 31.2 Å². The number of nitrogens with one attached hydrogen (secondary N) is 1. The quantitative estimate of drug-likeness (QED) is 0.810. The van der Waals surface area contributed by atoms with Gasteiger partial charge in [-0.25, -0.2) is 0 Å². The molecule has 0 spiro atoms. The van der Waals surface area contributed by atoms with Crippen LogP contribution < -0.4 is 10.1 Å². The second kappa shape index (κ2) is 8.03. The van der Waals surface area contributed by atoms with E-state index in [2.05, 4.69) is 5.32 Å². The molecule has 4 heteroatoms. The van der Waals surface area contributed by atoms with E-state index in [4.69, 9.17) is 4.74 Å². The Morgan fingerprint density at radius 1 is 1.38 bits per heavy atom. The molecule has 1 amide bonds. The van der Waals surface area contributed by atoms with Crippen LogP contribution in [0, 0.1) is 18.8 Å². The topological polar surface area (TPSA) is 58.6 Å². The highest BCUT2D eigenvalue weighted by Crippen LogP contribution is 2.30. The van der Waals surface area contributed by atoms with Crippen molar-refractivity contribution in [2.75, 3.05) is 19.8 Å². The summed E-state index contributed by atoms with van der Waals surface area (Å²) in [6.45, 7) is 3.31. The Bertz CT molecular complexity index is 461. The maximum absolute atomic E-state index is 11.8. The maximum Gasteiger partial charge on any atom is 0.223 e. The van der Waals surface area contributed by atoms with Gasteiger partial charge in [0.2, 0.25) is 5.91 Å². The van der Waals surface area contributed by atoms with Gasteiger partial charge in [0.1, 0.15) is 5.75 Å². The predicted molar refractivity (Wildman–Crippen MR) is 82.2 cm³/mol. The van der Waals surface area contributed by atoms with Gasteiger partial charge in [-0.15, -0.1) is 0 Å². The molecule has 2 atom stereocenters. The number of ether oxygens (including phenoxy) is 1. The molecule has 1 fully saturated rings. The molecule has 1 aromatic carbocycles. The number of aliphatic hydroxyl groups is 1. The fraction of sp³-hybridized carbons (Fsp3) is 0.588. The van der Waals surface area contributed by atoms with Crippen molar-refractivity contribution in [2.45, 2.75) is 32.6 Å². The highest BCUT2D eigenvalue weighted by molar-refractivity contribution is 5.75. The van der Waals surface area contributed by atoms with Crippen molar-refractivity contribution in [1.82, 2.24) is 5.32 Å². The Hall–Kier alpha value is -1.55. The molecule has 0 heterocycles. The Kier molecular flexibility index (Phi) is 6.05. The van der Waals surface area contributed by atoms with Crippen LogP contribution in [0.2, 0.25) is 0 Å². The van der Waals surface area contributed by atoms with Crippen LogP contribution in [-0.4, -0.2) is 30.8 Å². The van der Waals surface area contributed by atoms with E-state index in [9.17, 15) is 9.90 Å². The number of amides is 1. The second-order valence-corrected chi connectivity index (χ2v) is 5.85. The molecule has 1 saturated carbocycles. The van der Waals surface area contributed by atoms with Gasteiger partial charge < -0.3 is 15.2 Å². The van der Waals surface area contributed by atoms with Crippen molar-refractivity contribution >= 4 is 5.91 Å². The van der Waals surface area contributed by atoms with Crippen LogP contribution in [-0.2, 0) is 4.79 Å². The number of aliphatic hydroxyl groups excluding tert-OH is 1. The van der Waals surface area contributed by atoms with Crippen molar-refractivity contribution in [3.63, 3.8) is 0 Å². The number of aryl methyl sites for hydroxylation is 1. The molecule has 2 unspecified atom stereocenters. The Balaban J connectivity index is 1.63. The number of carbonyl (C=O) groups is 1. The Morgan fingerprint density at radius 3 is 2.95 bits per heavy atom. The molecular weight excluding hydrogens is 266 g/mol. The van der Waals surface area contributed by atoms with Crippen molar-refractivity contribution in [3.8, 4) is 5.75 Å². The van der Waals surface area contributed by atoms with E-state index in [0.29, 0.717) is 31.4 Å². The third-order valence-electron chi connectivity index (χ3n) is 4.20. The summed E-state index contributed by atoms with van der Waals surface area (Å²) in [5.74, 6) is 1.61. The monoisotopic (exact) mass is 291 g/mol. The molecule has 1 aliphatic carbocycles. The zero-order chi connectivity index (χ0) is 15.1. The van der Waals surface area contributed by atoms with Gasteiger partial charge in [-0.1, -0.05) is 18.6 Å². The van der Waals surface area contributed by atoms with E-state index in [0.717, 1.165) is 30.6 Å². The molecule has 4 nitrogen and oxygen atoms in total. The number of carbonyl (C=O) groups excluding carboxylic acids is 1. The summed E-state index contributed by atoms with van der Waals surface area (Å²) >= 11 is 0. The summed E-state index contributed by atoms with van der Waals surface area (Å²) in [5, 5.41) is 12.2. The molecule has 0 saturated heterocycles. The van der Waals surface area contributed by atoms with Crippen molar-refractivity contribution in [1.29, 1.82) is 0 Å². The molecule has 1 aromatic rings. The SMILES string of the molecule is Cc1cccc(OCCC(=O)NCC2CCCC2CO)c1. The fourth-order valence-electron chi connectivity index (χ4n) is 2.92. The summed E-state index contributed by atoms with van der Waals surface area (Å²) in [5.41, 5.74) is 1.15. The number of hydrogen-bond acceptors (Lipinski definition) is 3. The molecule has 116 valence electrons. The van der Waals surface area contributed by atoms with E-state index in [1.807, 2.05) is 31.2 Å². The first-order chi connectivity index (χ1) is 10.2. The lowest BCUT2D eigenvalue weighted by Crippen LogP contribution is -2.32. The van der Waals surface area contributed by atoms with Gasteiger partial charge in [-0.3, -0.25) is 4.79 Å². The van der Waals surface area contributed by atoms with Crippen LogP contribution in [0.5, 0.6) is 5.75 Å². The highest BCUT2D eigenvalue weighted by Gasteiger charge is 2.26. The lowest BCUT2D eigenvalue weighted by molar-refractivity contribution is -0.121. The molecule has 2 rings (SSSR count). The average molecular weight is 291 g/mol. The number of benzene rings is 1. The summed E-state index contributed by atoms with van der Waals surface area (Å²) < 4.78 is 5.57. The van der Waals surface area contributed by atoms with Crippen molar-refractivity contribution in [2.24, 2.45) is 11.8 Å². The maximum atomic E-state index is 11.8. The van der Waals surface area contributed by atoms with Gasteiger partial charge in [-0.05, 0) is 49.3 Å². The molecule has 0 radical (unpaired) electrons. The van der Waals surface area contributed by atoms with E-state index < -0.39 is 0 Å². The van der Waals surface area contributed by atoms with Crippen LogP contribution in [0.4, 0.5) is 0 Å². The van der Waals surface area contributed by atoms with Gasteiger partial charge in [0, 0.05) is 13.2 Å². The minimum atomic E-state index is 0.0197. The average Bonchev–Trinajstić information content (AvgIpc) is 2.92. The van der Waals surface area contributed by atoms with Gasteiger partial charge in [-0.2, -0.15) is 0 Å². The summed E-state index contributed by atoms with van der Waals surface area (Å²) in [7, 11) is 0. The molecule has 1 aliphatic rings. The van der Waals surface area contributed by atoms with Crippen molar-refractivity contribution < 1.29 is 14.6 Å². The zero-order valence-corrected chi connectivity index (χ0v) is 12.7. The smallest absolute Gasteiger partial charge is 0.223 e. The van der Waals surface area contributed by atoms with E-state index in [-0.39, 0.29) is 12.5 Å². The lowest BCUT2D eigenvalue weighted by atomic mass is 9.97. The first kappa shape index (κ1) is 15.8. The van der Waals surface area contributed by atoms with Crippen LogP contribution in [0.15, 0.2) is 24.3 Å². The number of hydrogen-bond donors (Lipinski definition) is 2. The van der Waals surface area contributed by atoms with Gasteiger partial charge in [0.15, 0.2) is 0 Å². The minimum absolute atomic E-state index is 0.0197. The van der Waals surface area contributed by atoms with Gasteiger partial charge in [0.05, 0.1) is 13.0 Å². The molecule has 0 bridgehead atoms. The molecule has 0 aromatic heterocycles. The van der Waals surface area contributed by atoms with Crippen LogP contribution >= 0.6 is 0 Å². The Morgan fingerprint density at radius 2 is 2.19 bits per heavy atom. The highest BCUT2D eigenvalue weighted by atomic mass is 16.5. The molecule has 2 N–H and O–H groups in total. The fourth-order valence-corrected chi connectivity index (χ4v) is 2.92. The first-order valence-corrected chi connectivity index (χ1v) is 7.76. The third-order valence-corrected chi connectivity index (χ3v) is 4.20. The molecule has 0 aliphatic heterocycles. The van der Waals surface area contributed by atoms with E-state index in [1.165, 1.54) is 0 Å². The summed E-state index contributed by atoms with van der Waals surface area (Å²) in [4.78, 5) is 11.8. The number of rotatable bonds is 7. The normalized spacial score (nSPS) is 21.2. The third kappa shape index (κ3) is 5.05. The van der Waals surface area contributed by atoms with Gasteiger partial charge >= 0.3 is 0 Å². The second-order valence-electron chi connectivity index (χ2n) is 5.85. The first-order valence-electron chi connectivity index (χ1n) is 7.76. The summed E-state index contributed by atoms with van der Waals surface area (Å²) in [6.07, 6.45) is 3.70. The lowest BCUT2D eigenvalue weighted by Gasteiger charge is -2.17. The molecule has 21 heavy (non-hydrogen) atoms. The largest absolute Gasteiger partial charge is 0.493 e. The standard InChI is InChI=1S/C17H25NO3/c1-13-4-2-7-16(10-13)21-9-8-17(20)18-11-14-5-3-6-15(14)12-19/h2,4,7,10,14-15,19H,3,5-6,8-9,11-12H2,1H3,(H,18,20). The van der Waals surface area contributed by atoms with Crippen LogP contribution in [0.25, 0.3) is 0 Å². The predicted octanol–water partition coefficient (Wildman–Crippen LogP) is 2.29. The molecular formula is C17H25NO3. The van der Waals surface area contributed by atoms with Gasteiger partial charge in [0.25, 0.3) is 0 Å². The summed E-state index contributed by atoms with van der Waals surface area (Å²) in [6, 6.07) is 7.82. The van der Waals surface area contributed by atoms with Crippen LogP contribution in [0.3, 0.4) is 0 Å². The van der Waals surface area contributed by atoms with E-state index in [1.54, 1.807) is 0 Å².